The van der Waals surface area contributed by atoms with Crippen molar-refractivity contribution in [2.75, 3.05) is 11.9 Å². The SMILES string of the molecule is CCOc1ccc(-c2nnc(NC(=O)c3ccnn3CC)o2)cc1. The summed E-state index contributed by atoms with van der Waals surface area (Å²) in [4.78, 5) is 12.2. The lowest BCUT2D eigenvalue weighted by Crippen LogP contribution is -2.17. The Balaban J connectivity index is 1.72. The zero-order chi connectivity index (χ0) is 16.9. The van der Waals surface area contributed by atoms with Gasteiger partial charge in [-0.05, 0) is 44.2 Å². The van der Waals surface area contributed by atoms with Gasteiger partial charge in [-0.25, -0.2) is 0 Å². The van der Waals surface area contributed by atoms with Gasteiger partial charge in [0.2, 0.25) is 5.89 Å². The van der Waals surface area contributed by atoms with Crippen LogP contribution in [0.3, 0.4) is 0 Å². The first-order chi connectivity index (χ1) is 11.7. The number of amides is 1. The largest absolute Gasteiger partial charge is 0.494 e. The molecule has 1 N–H and O–H groups in total. The number of rotatable bonds is 6. The summed E-state index contributed by atoms with van der Waals surface area (Å²) in [7, 11) is 0. The second-order valence-electron chi connectivity index (χ2n) is 4.86. The van der Waals surface area contributed by atoms with Crippen molar-refractivity contribution >= 4 is 11.9 Å². The molecule has 3 rings (SSSR count). The van der Waals surface area contributed by atoms with Crippen molar-refractivity contribution < 1.29 is 13.9 Å². The van der Waals surface area contributed by atoms with E-state index in [1.807, 2.05) is 38.1 Å². The first-order valence-corrected chi connectivity index (χ1v) is 7.61. The van der Waals surface area contributed by atoms with Crippen molar-refractivity contribution in [1.29, 1.82) is 0 Å². The van der Waals surface area contributed by atoms with Gasteiger partial charge in [-0.3, -0.25) is 14.8 Å². The average molecular weight is 327 g/mol. The molecule has 8 heteroatoms. The molecule has 3 aromatic rings. The molecule has 124 valence electrons. The highest BCUT2D eigenvalue weighted by molar-refractivity contribution is 6.01. The number of nitrogens with zero attached hydrogens (tertiary/aromatic N) is 4. The third kappa shape index (κ3) is 3.27. The highest BCUT2D eigenvalue weighted by Crippen LogP contribution is 2.22. The maximum Gasteiger partial charge on any atom is 0.322 e. The molecular weight excluding hydrogens is 310 g/mol. The number of ether oxygens (including phenoxy) is 1. The summed E-state index contributed by atoms with van der Waals surface area (Å²) in [6.45, 7) is 5.02. The molecule has 0 saturated carbocycles. The lowest BCUT2D eigenvalue weighted by Gasteiger charge is -2.03. The number of carbonyl (C=O) groups is 1. The van der Waals surface area contributed by atoms with Crippen LogP contribution in [0.2, 0.25) is 0 Å². The van der Waals surface area contributed by atoms with E-state index in [4.69, 9.17) is 9.15 Å². The molecule has 0 aliphatic rings. The Morgan fingerprint density at radius 3 is 2.71 bits per heavy atom. The molecule has 0 saturated heterocycles. The zero-order valence-corrected chi connectivity index (χ0v) is 13.4. The minimum Gasteiger partial charge on any atom is -0.494 e. The van der Waals surface area contributed by atoms with E-state index in [0.717, 1.165) is 11.3 Å². The quantitative estimate of drug-likeness (QED) is 0.748. The molecule has 2 aromatic heterocycles. The number of carbonyl (C=O) groups excluding carboxylic acids is 1. The minimum absolute atomic E-state index is 0.0349. The van der Waals surface area contributed by atoms with Gasteiger partial charge in [0.25, 0.3) is 5.91 Å². The summed E-state index contributed by atoms with van der Waals surface area (Å²) in [5.74, 6) is 0.732. The van der Waals surface area contributed by atoms with Crippen molar-refractivity contribution in [3.8, 4) is 17.2 Å². The molecule has 1 amide bonds. The van der Waals surface area contributed by atoms with E-state index in [2.05, 4.69) is 20.6 Å². The third-order valence-corrected chi connectivity index (χ3v) is 3.31. The van der Waals surface area contributed by atoms with Crippen LogP contribution in [-0.4, -0.2) is 32.5 Å². The number of aryl methyl sites for hydroxylation is 1. The Morgan fingerprint density at radius 2 is 2.00 bits per heavy atom. The Kier molecular flexibility index (Phi) is 4.55. The van der Waals surface area contributed by atoms with Crippen LogP contribution in [0.4, 0.5) is 6.01 Å². The summed E-state index contributed by atoms with van der Waals surface area (Å²) in [6.07, 6.45) is 1.57. The van der Waals surface area contributed by atoms with E-state index in [1.165, 1.54) is 0 Å². The summed E-state index contributed by atoms with van der Waals surface area (Å²) in [5.41, 5.74) is 1.17. The van der Waals surface area contributed by atoms with E-state index in [0.29, 0.717) is 24.7 Å². The predicted octanol–water partition coefficient (Wildman–Crippen LogP) is 2.60. The summed E-state index contributed by atoms with van der Waals surface area (Å²) in [6, 6.07) is 8.94. The van der Waals surface area contributed by atoms with Crippen molar-refractivity contribution in [1.82, 2.24) is 20.0 Å². The maximum absolute atomic E-state index is 12.2. The van der Waals surface area contributed by atoms with Gasteiger partial charge >= 0.3 is 6.01 Å². The summed E-state index contributed by atoms with van der Waals surface area (Å²) in [5, 5.41) is 14.4. The van der Waals surface area contributed by atoms with Crippen LogP contribution in [0.5, 0.6) is 5.75 Å². The van der Waals surface area contributed by atoms with Gasteiger partial charge in [-0.15, -0.1) is 5.10 Å². The molecule has 0 atom stereocenters. The number of aromatic nitrogens is 4. The lowest BCUT2D eigenvalue weighted by atomic mass is 10.2. The highest BCUT2D eigenvalue weighted by atomic mass is 16.5. The van der Waals surface area contributed by atoms with Crippen molar-refractivity contribution in [3.05, 3.63) is 42.2 Å². The smallest absolute Gasteiger partial charge is 0.322 e. The molecule has 8 nitrogen and oxygen atoms in total. The summed E-state index contributed by atoms with van der Waals surface area (Å²) >= 11 is 0. The van der Waals surface area contributed by atoms with Gasteiger partial charge in [0.15, 0.2) is 0 Å². The van der Waals surface area contributed by atoms with Crippen LogP contribution in [0.15, 0.2) is 40.9 Å². The maximum atomic E-state index is 12.2. The van der Waals surface area contributed by atoms with E-state index in [9.17, 15) is 4.79 Å². The number of hydrogen-bond acceptors (Lipinski definition) is 6. The topological polar surface area (TPSA) is 95.1 Å². The van der Waals surface area contributed by atoms with Gasteiger partial charge < -0.3 is 9.15 Å². The van der Waals surface area contributed by atoms with Crippen LogP contribution in [-0.2, 0) is 6.54 Å². The first-order valence-electron chi connectivity index (χ1n) is 7.61. The molecular formula is C16H17N5O3. The molecule has 0 aliphatic heterocycles. The third-order valence-electron chi connectivity index (χ3n) is 3.31. The molecule has 0 aliphatic carbocycles. The Labute approximate surface area is 138 Å². The molecule has 2 heterocycles. The second kappa shape index (κ2) is 6.95. The Bertz CT molecular complexity index is 822. The average Bonchev–Trinajstić information content (AvgIpc) is 3.24. The van der Waals surface area contributed by atoms with E-state index < -0.39 is 0 Å². The van der Waals surface area contributed by atoms with E-state index >= 15 is 0 Å². The van der Waals surface area contributed by atoms with Gasteiger partial charge in [-0.1, -0.05) is 5.10 Å². The van der Waals surface area contributed by atoms with Crippen LogP contribution >= 0.6 is 0 Å². The van der Waals surface area contributed by atoms with Crippen LogP contribution in [0.1, 0.15) is 24.3 Å². The highest BCUT2D eigenvalue weighted by Gasteiger charge is 2.15. The van der Waals surface area contributed by atoms with Crippen LogP contribution in [0, 0.1) is 0 Å². The zero-order valence-electron chi connectivity index (χ0n) is 13.4. The normalized spacial score (nSPS) is 10.6. The monoisotopic (exact) mass is 327 g/mol. The van der Waals surface area contributed by atoms with Gasteiger partial charge in [0.1, 0.15) is 11.4 Å². The molecule has 0 bridgehead atoms. The summed E-state index contributed by atoms with van der Waals surface area (Å²) < 4.78 is 12.5. The number of hydrogen-bond donors (Lipinski definition) is 1. The fourth-order valence-electron chi connectivity index (χ4n) is 2.19. The minimum atomic E-state index is -0.351. The van der Waals surface area contributed by atoms with Crippen molar-refractivity contribution in [2.24, 2.45) is 0 Å². The van der Waals surface area contributed by atoms with Crippen LogP contribution in [0.25, 0.3) is 11.5 Å². The number of nitrogens with one attached hydrogen (secondary N) is 1. The molecule has 0 radical (unpaired) electrons. The van der Waals surface area contributed by atoms with E-state index in [1.54, 1.807) is 16.9 Å². The molecule has 1 aromatic carbocycles. The molecule has 24 heavy (non-hydrogen) atoms. The first kappa shape index (κ1) is 15.7. The standard InChI is InChI=1S/C16H17N5O3/c1-3-21-13(9-10-17-21)14(22)18-16-20-19-15(24-16)11-5-7-12(8-6-11)23-4-2/h5-10H,3-4H2,1-2H3,(H,18,20,22). The molecule has 0 fully saturated rings. The number of anilines is 1. The van der Waals surface area contributed by atoms with Crippen molar-refractivity contribution in [3.63, 3.8) is 0 Å². The fourth-order valence-corrected chi connectivity index (χ4v) is 2.19. The predicted molar refractivity (Wildman–Crippen MR) is 86.8 cm³/mol. The van der Waals surface area contributed by atoms with Gasteiger partial charge in [0.05, 0.1) is 6.61 Å². The van der Waals surface area contributed by atoms with Gasteiger partial charge in [-0.2, -0.15) is 5.10 Å². The van der Waals surface area contributed by atoms with E-state index in [-0.39, 0.29) is 11.9 Å². The van der Waals surface area contributed by atoms with Crippen molar-refractivity contribution in [2.45, 2.75) is 20.4 Å². The fraction of sp³-hybridized carbons (Fsp3) is 0.250. The lowest BCUT2D eigenvalue weighted by molar-refractivity contribution is 0.101. The molecule has 0 spiro atoms. The second-order valence-corrected chi connectivity index (χ2v) is 4.86. The molecule has 0 unspecified atom stereocenters. The number of benzene rings is 1. The van der Waals surface area contributed by atoms with Crippen LogP contribution < -0.4 is 10.1 Å². The Hall–Kier alpha value is -3.16. The van der Waals surface area contributed by atoms with Gasteiger partial charge in [0, 0.05) is 18.3 Å². The Morgan fingerprint density at radius 1 is 1.21 bits per heavy atom.